The van der Waals surface area contributed by atoms with Gasteiger partial charge < -0.3 is 0 Å². The first kappa shape index (κ1) is 13.8. The minimum absolute atomic E-state index is 0.813. The number of hydrogen-bond donors (Lipinski definition) is 0. The predicted octanol–water partition coefficient (Wildman–Crippen LogP) is 2.70. The van der Waals surface area contributed by atoms with E-state index in [2.05, 4.69) is 39.6 Å². The fourth-order valence-electron chi connectivity index (χ4n) is 1.93. The molecule has 0 radical (unpaired) electrons. The quantitative estimate of drug-likeness (QED) is 0.678. The van der Waals surface area contributed by atoms with Crippen molar-refractivity contribution in [1.29, 1.82) is 0 Å². The molecule has 0 saturated carbocycles. The largest absolute Gasteiger partial charge is 0.265 e. The molecule has 0 unspecified atom stereocenters. The number of aromatic nitrogens is 5. The molecular weight excluding hydrogens is 282 g/mol. The Balaban J connectivity index is 1.67. The Bertz CT molecular complexity index is 694. The van der Waals surface area contributed by atoms with Gasteiger partial charge in [0.1, 0.15) is 0 Å². The van der Waals surface area contributed by atoms with E-state index in [0.717, 1.165) is 23.0 Å². The average molecular weight is 297 g/mol. The van der Waals surface area contributed by atoms with Crippen molar-refractivity contribution in [1.82, 2.24) is 25.2 Å². The third-order valence-corrected chi connectivity index (χ3v) is 4.01. The summed E-state index contributed by atoms with van der Waals surface area (Å²) >= 11 is 1.65. The first-order valence-corrected chi connectivity index (χ1v) is 7.68. The molecule has 0 spiro atoms. The Hall–Kier alpha value is -2.21. The van der Waals surface area contributed by atoms with Crippen molar-refractivity contribution in [2.75, 3.05) is 5.75 Å². The Morgan fingerprint density at radius 3 is 2.57 bits per heavy atom. The number of rotatable bonds is 5. The maximum Gasteiger partial charge on any atom is 0.214 e. The van der Waals surface area contributed by atoms with Crippen LogP contribution in [0.2, 0.25) is 0 Å². The normalized spacial score (nSPS) is 10.7. The van der Waals surface area contributed by atoms with Gasteiger partial charge in [0, 0.05) is 18.1 Å². The zero-order valence-electron chi connectivity index (χ0n) is 11.7. The first-order valence-electron chi connectivity index (χ1n) is 6.70. The lowest BCUT2D eigenvalue weighted by molar-refractivity contribution is 0.756. The molecule has 0 atom stereocenters. The summed E-state index contributed by atoms with van der Waals surface area (Å²) in [5, 5.41) is 12.8. The minimum Gasteiger partial charge on any atom is -0.265 e. The van der Waals surface area contributed by atoms with E-state index in [0.29, 0.717) is 0 Å². The molecule has 0 aliphatic rings. The second-order valence-electron chi connectivity index (χ2n) is 4.66. The molecule has 3 aromatic rings. The van der Waals surface area contributed by atoms with Crippen molar-refractivity contribution in [3.05, 3.63) is 59.9 Å². The number of tetrazole rings is 1. The summed E-state index contributed by atoms with van der Waals surface area (Å²) in [6.07, 6.45) is 4.60. The number of hydrogen-bond acceptors (Lipinski definition) is 5. The molecule has 0 aliphatic heterocycles. The molecule has 2 aromatic heterocycles. The fraction of sp³-hybridized carbons (Fsp3) is 0.200. The standard InChI is InChI=1S/C15H15N5S/c1-12-2-4-14(5-3-12)20-15(17-18-19-20)21-11-8-13-6-9-16-10-7-13/h2-7,9-10H,8,11H2,1H3. The lowest BCUT2D eigenvalue weighted by Gasteiger charge is -2.04. The van der Waals surface area contributed by atoms with Crippen molar-refractivity contribution in [3.63, 3.8) is 0 Å². The fourth-order valence-corrected chi connectivity index (χ4v) is 2.81. The molecule has 0 bridgehead atoms. The number of benzene rings is 1. The second-order valence-corrected chi connectivity index (χ2v) is 5.72. The Morgan fingerprint density at radius 1 is 1.05 bits per heavy atom. The Labute approximate surface area is 127 Å². The van der Waals surface area contributed by atoms with E-state index in [4.69, 9.17) is 0 Å². The predicted molar refractivity (Wildman–Crippen MR) is 82.6 cm³/mol. The molecule has 2 heterocycles. The first-order chi connectivity index (χ1) is 10.3. The van der Waals surface area contributed by atoms with Gasteiger partial charge in [-0.1, -0.05) is 29.5 Å². The topological polar surface area (TPSA) is 56.5 Å². The highest BCUT2D eigenvalue weighted by Crippen LogP contribution is 2.19. The lowest BCUT2D eigenvalue weighted by Crippen LogP contribution is -2.00. The van der Waals surface area contributed by atoms with E-state index < -0.39 is 0 Å². The highest BCUT2D eigenvalue weighted by molar-refractivity contribution is 7.99. The molecule has 0 fully saturated rings. The minimum atomic E-state index is 0.813. The van der Waals surface area contributed by atoms with Crippen LogP contribution in [0.4, 0.5) is 0 Å². The molecule has 5 nitrogen and oxygen atoms in total. The van der Waals surface area contributed by atoms with Gasteiger partial charge in [-0.2, -0.15) is 4.68 Å². The number of nitrogens with zero attached hydrogens (tertiary/aromatic N) is 5. The van der Waals surface area contributed by atoms with Crippen LogP contribution in [0.3, 0.4) is 0 Å². The number of pyridine rings is 1. The third kappa shape index (κ3) is 3.46. The van der Waals surface area contributed by atoms with Gasteiger partial charge in [0.2, 0.25) is 5.16 Å². The molecule has 3 rings (SSSR count). The van der Waals surface area contributed by atoms with Crippen LogP contribution in [-0.2, 0) is 6.42 Å². The van der Waals surface area contributed by atoms with Crippen LogP contribution >= 0.6 is 11.8 Å². The van der Waals surface area contributed by atoms with Gasteiger partial charge >= 0.3 is 0 Å². The van der Waals surface area contributed by atoms with Gasteiger partial charge in [0.25, 0.3) is 0 Å². The maximum atomic E-state index is 4.10. The molecule has 21 heavy (non-hydrogen) atoms. The van der Waals surface area contributed by atoms with E-state index in [1.165, 1.54) is 11.1 Å². The summed E-state index contributed by atoms with van der Waals surface area (Å²) in [5.41, 5.74) is 3.47. The van der Waals surface area contributed by atoms with E-state index in [-0.39, 0.29) is 0 Å². The summed E-state index contributed by atoms with van der Waals surface area (Å²) < 4.78 is 1.77. The van der Waals surface area contributed by atoms with Gasteiger partial charge in [0.15, 0.2) is 0 Å². The van der Waals surface area contributed by atoms with E-state index in [9.17, 15) is 0 Å². The zero-order valence-corrected chi connectivity index (χ0v) is 12.5. The highest BCUT2D eigenvalue weighted by Gasteiger charge is 2.08. The molecular formula is C15H15N5S. The van der Waals surface area contributed by atoms with Crippen LogP contribution in [0.5, 0.6) is 0 Å². The van der Waals surface area contributed by atoms with Crippen molar-refractivity contribution < 1.29 is 0 Å². The summed E-state index contributed by atoms with van der Waals surface area (Å²) in [6, 6.07) is 12.2. The van der Waals surface area contributed by atoms with Crippen molar-refractivity contribution in [2.24, 2.45) is 0 Å². The monoisotopic (exact) mass is 297 g/mol. The summed E-state index contributed by atoms with van der Waals surface area (Å²) in [5.74, 6) is 0.927. The van der Waals surface area contributed by atoms with Gasteiger partial charge in [0.05, 0.1) is 5.69 Å². The molecule has 0 amide bonds. The van der Waals surface area contributed by atoms with Gasteiger partial charge in [-0.05, 0) is 53.6 Å². The Morgan fingerprint density at radius 2 is 1.81 bits per heavy atom. The van der Waals surface area contributed by atoms with Crippen LogP contribution in [0, 0.1) is 6.92 Å². The Kier molecular flexibility index (Phi) is 4.25. The van der Waals surface area contributed by atoms with E-state index >= 15 is 0 Å². The van der Waals surface area contributed by atoms with Crippen molar-refractivity contribution in [2.45, 2.75) is 18.5 Å². The van der Waals surface area contributed by atoms with Crippen molar-refractivity contribution >= 4 is 11.8 Å². The van der Waals surface area contributed by atoms with Gasteiger partial charge in [-0.25, -0.2) is 0 Å². The number of aryl methyl sites for hydroxylation is 2. The lowest BCUT2D eigenvalue weighted by atomic mass is 10.2. The average Bonchev–Trinajstić information content (AvgIpc) is 2.98. The summed E-state index contributed by atoms with van der Waals surface area (Å²) in [6.45, 7) is 2.06. The zero-order chi connectivity index (χ0) is 14.5. The molecule has 0 saturated heterocycles. The summed E-state index contributed by atoms with van der Waals surface area (Å²) in [7, 11) is 0. The molecule has 6 heteroatoms. The van der Waals surface area contributed by atoms with E-state index in [1.54, 1.807) is 16.4 Å². The van der Waals surface area contributed by atoms with Gasteiger partial charge in [-0.15, -0.1) is 5.10 Å². The van der Waals surface area contributed by atoms with E-state index in [1.807, 2.05) is 36.7 Å². The molecule has 0 aliphatic carbocycles. The molecule has 1 aromatic carbocycles. The third-order valence-electron chi connectivity index (χ3n) is 3.09. The second kappa shape index (κ2) is 6.49. The van der Waals surface area contributed by atoms with Crippen LogP contribution in [-0.4, -0.2) is 30.9 Å². The molecule has 106 valence electrons. The summed E-state index contributed by atoms with van der Waals surface area (Å²) in [4.78, 5) is 4.02. The van der Waals surface area contributed by atoms with Crippen LogP contribution in [0.1, 0.15) is 11.1 Å². The number of thioether (sulfide) groups is 1. The van der Waals surface area contributed by atoms with Crippen LogP contribution in [0.25, 0.3) is 5.69 Å². The smallest absolute Gasteiger partial charge is 0.214 e. The van der Waals surface area contributed by atoms with Crippen molar-refractivity contribution in [3.8, 4) is 5.69 Å². The van der Waals surface area contributed by atoms with Crippen LogP contribution < -0.4 is 0 Å². The molecule has 0 N–H and O–H groups in total. The highest BCUT2D eigenvalue weighted by atomic mass is 32.2. The van der Waals surface area contributed by atoms with Crippen LogP contribution in [0.15, 0.2) is 53.9 Å². The van der Waals surface area contributed by atoms with Gasteiger partial charge in [-0.3, -0.25) is 4.98 Å². The SMILES string of the molecule is Cc1ccc(-n2nnnc2SCCc2ccncc2)cc1. The maximum absolute atomic E-state index is 4.10.